The van der Waals surface area contributed by atoms with Crippen molar-refractivity contribution in [3.8, 4) is 5.69 Å². The van der Waals surface area contributed by atoms with Crippen LogP contribution in [-0.4, -0.2) is 72.5 Å². The fraction of sp³-hybridized carbons (Fsp3) is 0.381. The van der Waals surface area contributed by atoms with E-state index in [4.69, 9.17) is 4.74 Å². The third-order valence-corrected chi connectivity index (χ3v) is 6.63. The second kappa shape index (κ2) is 8.27. The minimum Gasteiger partial charge on any atom is -0.461 e. The van der Waals surface area contributed by atoms with Gasteiger partial charge < -0.3 is 9.64 Å². The van der Waals surface area contributed by atoms with Crippen LogP contribution in [0.2, 0.25) is 0 Å². The first-order valence-corrected chi connectivity index (χ1v) is 12.0. The van der Waals surface area contributed by atoms with Crippen LogP contribution in [0.15, 0.2) is 36.4 Å². The fourth-order valence-corrected chi connectivity index (χ4v) is 4.66. The van der Waals surface area contributed by atoms with Crippen LogP contribution in [0.3, 0.4) is 0 Å². The van der Waals surface area contributed by atoms with Gasteiger partial charge >= 0.3 is 5.97 Å². The third kappa shape index (κ3) is 4.13. The summed E-state index contributed by atoms with van der Waals surface area (Å²) in [6.07, 6.45) is 1.22. The number of aryl methyl sites for hydroxylation is 1. The molecule has 4 rings (SSSR count). The van der Waals surface area contributed by atoms with Gasteiger partial charge in [-0.2, -0.15) is 9.40 Å². The van der Waals surface area contributed by atoms with Crippen LogP contribution in [0.5, 0.6) is 0 Å². The molecule has 1 aliphatic rings. The summed E-state index contributed by atoms with van der Waals surface area (Å²) in [5.74, 6) is -0.501. The molecule has 0 saturated carbocycles. The first-order valence-electron chi connectivity index (χ1n) is 10.1. The van der Waals surface area contributed by atoms with Crippen molar-refractivity contribution in [3.63, 3.8) is 0 Å². The Balaban J connectivity index is 1.84. The van der Waals surface area contributed by atoms with Crippen LogP contribution < -0.4 is 4.90 Å². The highest BCUT2D eigenvalue weighted by atomic mass is 32.2. The molecule has 0 N–H and O–H groups in total. The zero-order valence-corrected chi connectivity index (χ0v) is 18.6. The lowest BCUT2D eigenvalue weighted by Crippen LogP contribution is -2.48. The Morgan fingerprint density at radius 2 is 1.81 bits per heavy atom. The van der Waals surface area contributed by atoms with Crippen molar-refractivity contribution in [1.29, 1.82) is 0 Å². The van der Waals surface area contributed by atoms with E-state index in [1.807, 2.05) is 37.3 Å². The van der Waals surface area contributed by atoms with Crippen LogP contribution in [0.4, 0.5) is 5.69 Å². The molecule has 0 unspecified atom stereocenters. The van der Waals surface area contributed by atoms with Crippen molar-refractivity contribution in [3.05, 3.63) is 47.8 Å². The van der Waals surface area contributed by atoms with Crippen molar-refractivity contribution >= 4 is 32.7 Å². The molecule has 0 atom stereocenters. The minimum absolute atomic E-state index is 0.201. The first-order chi connectivity index (χ1) is 14.8. The van der Waals surface area contributed by atoms with E-state index in [1.165, 1.54) is 10.6 Å². The molecule has 31 heavy (non-hydrogen) atoms. The number of sulfonamides is 1. The average Bonchev–Trinajstić information content (AvgIpc) is 3.10. The molecular weight excluding hydrogens is 418 g/mol. The number of esters is 1. The van der Waals surface area contributed by atoms with Gasteiger partial charge in [-0.25, -0.2) is 22.9 Å². The Morgan fingerprint density at radius 3 is 2.42 bits per heavy atom. The number of piperazine rings is 1. The molecule has 3 aromatic rings. The molecule has 1 aliphatic heterocycles. The maximum absolute atomic E-state index is 12.5. The quantitative estimate of drug-likeness (QED) is 0.556. The molecule has 0 amide bonds. The Bertz CT molecular complexity index is 1220. The van der Waals surface area contributed by atoms with Gasteiger partial charge in [0.15, 0.2) is 11.3 Å². The summed E-state index contributed by atoms with van der Waals surface area (Å²) in [4.78, 5) is 19.2. The molecular formula is C21H25N5O4S. The predicted octanol–water partition coefficient (Wildman–Crippen LogP) is 1.99. The molecule has 1 aromatic carbocycles. The number of carbonyl (C=O) groups excluding carboxylic acids is 1. The van der Waals surface area contributed by atoms with Gasteiger partial charge in [0.1, 0.15) is 0 Å². The molecule has 0 aliphatic carbocycles. The zero-order valence-electron chi connectivity index (χ0n) is 17.8. The summed E-state index contributed by atoms with van der Waals surface area (Å²) in [6, 6.07) is 11.3. The largest absolute Gasteiger partial charge is 0.461 e. The molecule has 3 heterocycles. The number of para-hydroxylation sites is 1. The number of hydrogen-bond acceptors (Lipinski definition) is 7. The maximum Gasteiger partial charge on any atom is 0.357 e. The average molecular weight is 444 g/mol. The van der Waals surface area contributed by atoms with E-state index >= 15 is 0 Å². The van der Waals surface area contributed by atoms with Gasteiger partial charge in [-0.3, -0.25) is 0 Å². The Hall–Kier alpha value is -2.98. The molecule has 2 aromatic heterocycles. The first kappa shape index (κ1) is 21.3. The van der Waals surface area contributed by atoms with Crippen molar-refractivity contribution < 1.29 is 17.9 Å². The highest BCUT2D eigenvalue weighted by Crippen LogP contribution is 2.32. The SMILES string of the molecule is CCOC(=O)c1cc(N2CCN(S(C)(=O)=O)CC2)c2c(C)nn(-c3ccccc3)c2n1. The zero-order chi connectivity index (χ0) is 22.2. The number of hydrogen-bond donors (Lipinski definition) is 0. The van der Waals surface area contributed by atoms with Gasteiger partial charge in [0.05, 0.1) is 35.3 Å². The van der Waals surface area contributed by atoms with E-state index in [-0.39, 0.29) is 12.3 Å². The molecule has 1 saturated heterocycles. The standard InChI is InChI=1S/C21H25N5O4S/c1-4-30-21(27)17-14-18(24-10-12-25(13-11-24)31(3,28)29)19-15(2)23-26(20(19)22-17)16-8-6-5-7-9-16/h5-9,14H,4,10-13H2,1-3H3. The van der Waals surface area contributed by atoms with Gasteiger partial charge in [-0.05, 0) is 32.0 Å². The van der Waals surface area contributed by atoms with Gasteiger partial charge in [-0.15, -0.1) is 0 Å². The topological polar surface area (TPSA) is 97.6 Å². The highest BCUT2D eigenvalue weighted by Gasteiger charge is 2.27. The van der Waals surface area contributed by atoms with Crippen molar-refractivity contribution in [2.24, 2.45) is 0 Å². The van der Waals surface area contributed by atoms with Gasteiger partial charge in [0.2, 0.25) is 10.0 Å². The fourth-order valence-electron chi connectivity index (χ4n) is 3.84. The lowest BCUT2D eigenvalue weighted by atomic mass is 10.1. The molecule has 9 nitrogen and oxygen atoms in total. The maximum atomic E-state index is 12.5. The summed E-state index contributed by atoms with van der Waals surface area (Å²) in [7, 11) is -3.24. The van der Waals surface area contributed by atoms with Crippen LogP contribution in [-0.2, 0) is 14.8 Å². The highest BCUT2D eigenvalue weighted by molar-refractivity contribution is 7.88. The van der Waals surface area contributed by atoms with Crippen molar-refractivity contribution in [2.75, 3.05) is 43.9 Å². The summed E-state index contributed by atoms with van der Waals surface area (Å²) in [5, 5.41) is 5.52. The monoisotopic (exact) mass is 443 g/mol. The van der Waals surface area contributed by atoms with Crippen molar-refractivity contribution in [1.82, 2.24) is 19.1 Å². The third-order valence-electron chi connectivity index (χ3n) is 5.33. The number of benzene rings is 1. The smallest absolute Gasteiger partial charge is 0.357 e. The number of carbonyl (C=O) groups is 1. The molecule has 0 bridgehead atoms. The summed E-state index contributed by atoms with van der Waals surface area (Å²) >= 11 is 0. The number of pyridine rings is 1. The molecule has 1 fully saturated rings. The van der Waals surface area contributed by atoms with E-state index in [0.29, 0.717) is 31.8 Å². The summed E-state index contributed by atoms with van der Waals surface area (Å²) < 4.78 is 32.2. The van der Waals surface area contributed by atoms with E-state index < -0.39 is 16.0 Å². The molecule has 0 spiro atoms. The van der Waals surface area contributed by atoms with Gasteiger partial charge in [-0.1, -0.05) is 18.2 Å². The normalized spacial score (nSPS) is 15.4. The molecule has 10 heteroatoms. The lowest BCUT2D eigenvalue weighted by molar-refractivity contribution is 0.0520. The Labute approximate surface area is 181 Å². The van der Waals surface area contributed by atoms with E-state index in [2.05, 4.69) is 15.0 Å². The number of rotatable bonds is 5. The van der Waals surface area contributed by atoms with Crippen LogP contribution >= 0.6 is 0 Å². The molecule has 0 radical (unpaired) electrons. The van der Waals surface area contributed by atoms with Crippen LogP contribution in [0.25, 0.3) is 16.7 Å². The second-order valence-electron chi connectivity index (χ2n) is 7.43. The lowest BCUT2D eigenvalue weighted by Gasteiger charge is -2.35. The van der Waals surface area contributed by atoms with Crippen LogP contribution in [0.1, 0.15) is 23.1 Å². The minimum atomic E-state index is -3.24. The summed E-state index contributed by atoms with van der Waals surface area (Å²) in [6.45, 7) is 5.67. The number of aromatic nitrogens is 3. The summed E-state index contributed by atoms with van der Waals surface area (Å²) in [5.41, 5.74) is 3.19. The van der Waals surface area contributed by atoms with Crippen LogP contribution in [0, 0.1) is 6.92 Å². The van der Waals surface area contributed by atoms with E-state index in [9.17, 15) is 13.2 Å². The Kier molecular flexibility index (Phi) is 5.67. The Morgan fingerprint density at radius 1 is 1.13 bits per heavy atom. The van der Waals surface area contributed by atoms with Gasteiger partial charge in [0.25, 0.3) is 0 Å². The van der Waals surface area contributed by atoms with Crippen molar-refractivity contribution in [2.45, 2.75) is 13.8 Å². The van der Waals surface area contributed by atoms with Gasteiger partial charge in [0, 0.05) is 26.2 Å². The number of fused-ring (bicyclic) bond motifs is 1. The number of anilines is 1. The second-order valence-corrected chi connectivity index (χ2v) is 9.41. The van der Waals surface area contributed by atoms with E-state index in [0.717, 1.165) is 22.5 Å². The predicted molar refractivity (Wildman–Crippen MR) is 118 cm³/mol. The number of ether oxygens (including phenoxy) is 1. The molecule has 164 valence electrons. The van der Waals surface area contributed by atoms with E-state index in [1.54, 1.807) is 17.7 Å². The number of nitrogens with zero attached hydrogens (tertiary/aromatic N) is 5.